The summed E-state index contributed by atoms with van der Waals surface area (Å²) in [6.07, 6.45) is 0.490. The van der Waals surface area contributed by atoms with Crippen LogP contribution >= 0.6 is 0 Å². The summed E-state index contributed by atoms with van der Waals surface area (Å²) < 4.78 is 10.3. The zero-order valence-electron chi connectivity index (χ0n) is 14.0. The number of nitrogens with two attached hydrogens (primary N) is 2. The minimum absolute atomic E-state index is 0.330. The van der Waals surface area contributed by atoms with Crippen LogP contribution in [0.1, 0.15) is 31.8 Å². The summed E-state index contributed by atoms with van der Waals surface area (Å²) in [7, 11) is 2.95. The Morgan fingerprint density at radius 1 is 0.840 bits per heavy atom. The van der Waals surface area contributed by atoms with Crippen LogP contribution in [0, 0.1) is 0 Å². The number of rotatable bonds is 6. The van der Waals surface area contributed by atoms with E-state index in [9.17, 15) is 9.59 Å². The van der Waals surface area contributed by atoms with Crippen molar-refractivity contribution in [3.8, 4) is 11.5 Å². The van der Waals surface area contributed by atoms with E-state index in [1.807, 2.05) is 12.1 Å². The van der Waals surface area contributed by atoms with Crippen molar-refractivity contribution in [1.29, 1.82) is 0 Å². The first-order valence-electron chi connectivity index (χ1n) is 7.39. The van der Waals surface area contributed by atoms with Crippen molar-refractivity contribution in [3.05, 3.63) is 58.7 Å². The summed E-state index contributed by atoms with van der Waals surface area (Å²) in [5.41, 5.74) is 6.54. The van der Waals surface area contributed by atoms with Gasteiger partial charge < -0.3 is 9.47 Å². The second-order valence-electron chi connectivity index (χ2n) is 5.19. The van der Waals surface area contributed by atoms with E-state index in [-0.39, 0.29) is 0 Å². The Morgan fingerprint density at radius 3 is 1.56 bits per heavy atom. The molecule has 0 radical (unpaired) electrons. The molecule has 0 saturated carbocycles. The second kappa shape index (κ2) is 8.13. The Balaban J connectivity index is 2.36. The third-order valence-corrected chi connectivity index (χ3v) is 3.69. The molecule has 0 fully saturated rings. The number of benzene rings is 2. The minimum Gasteiger partial charge on any atom is -0.496 e. The summed E-state index contributed by atoms with van der Waals surface area (Å²) in [4.78, 5) is 23.7. The van der Waals surface area contributed by atoms with E-state index in [0.717, 1.165) is 11.1 Å². The van der Waals surface area contributed by atoms with Gasteiger partial charge in [0.25, 0.3) is 11.8 Å². The number of amides is 2. The third kappa shape index (κ3) is 4.06. The molecule has 2 rings (SSSR count). The molecule has 0 heterocycles. The average molecular weight is 344 g/mol. The number of ether oxygens (including phenoxy) is 2. The molecule has 0 aromatic heterocycles. The van der Waals surface area contributed by atoms with Gasteiger partial charge in [-0.25, -0.2) is 11.7 Å². The summed E-state index contributed by atoms with van der Waals surface area (Å²) in [5.74, 6) is 10.4. The smallest absolute Gasteiger partial charge is 0.268 e. The maximum absolute atomic E-state index is 11.9. The van der Waals surface area contributed by atoms with Crippen LogP contribution in [0.25, 0.3) is 0 Å². The lowest BCUT2D eigenvalue weighted by Gasteiger charge is -2.12. The monoisotopic (exact) mass is 344 g/mol. The first kappa shape index (κ1) is 18.2. The van der Waals surface area contributed by atoms with Gasteiger partial charge in [-0.1, -0.05) is 12.1 Å². The second-order valence-corrected chi connectivity index (χ2v) is 5.19. The minimum atomic E-state index is -0.448. The lowest BCUT2D eigenvalue weighted by atomic mass is 9.99. The molecule has 0 aliphatic rings. The molecule has 25 heavy (non-hydrogen) atoms. The fourth-order valence-corrected chi connectivity index (χ4v) is 2.48. The quantitative estimate of drug-likeness (QED) is 0.343. The summed E-state index contributed by atoms with van der Waals surface area (Å²) in [6, 6.07) is 10.4. The number of hydrogen-bond acceptors (Lipinski definition) is 6. The third-order valence-electron chi connectivity index (χ3n) is 3.69. The first-order valence-corrected chi connectivity index (χ1v) is 7.39. The van der Waals surface area contributed by atoms with Crippen LogP contribution in [0.5, 0.6) is 11.5 Å². The highest BCUT2D eigenvalue weighted by atomic mass is 16.5. The van der Waals surface area contributed by atoms with Crippen molar-refractivity contribution in [2.45, 2.75) is 6.42 Å². The first-order chi connectivity index (χ1) is 12.0. The number of nitrogen functional groups attached to an aromatic ring is 2. The molecule has 0 atom stereocenters. The van der Waals surface area contributed by atoms with E-state index in [1.165, 1.54) is 14.2 Å². The molecule has 2 aromatic carbocycles. The normalized spacial score (nSPS) is 10.1. The van der Waals surface area contributed by atoms with Gasteiger partial charge in [0, 0.05) is 0 Å². The fraction of sp³-hybridized carbons (Fsp3) is 0.176. The summed E-state index contributed by atoms with van der Waals surface area (Å²) in [5, 5.41) is 0. The summed E-state index contributed by atoms with van der Waals surface area (Å²) >= 11 is 0. The highest BCUT2D eigenvalue weighted by Gasteiger charge is 2.14. The fourth-order valence-electron chi connectivity index (χ4n) is 2.48. The molecule has 6 N–H and O–H groups in total. The average Bonchev–Trinajstić information content (AvgIpc) is 2.66. The molecule has 132 valence electrons. The van der Waals surface area contributed by atoms with Gasteiger partial charge in [0.15, 0.2) is 0 Å². The predicted molar refractivity (Wildman–Crippen MR) is 92.1 cm³/mol. The molecule has 2 amide bonds. The molecule has 2 aromatic rings. The maximum Gasteiger partial charge on any atom is 0.268 e. The van der Waals surface area contributed by atoms with E-state index in [2.05, 4.69) is 10.9 Å². The molecule has 0 spiro atoms. The van der Waals surface area contributed by atoms with Crippen LogP contribution in [0.4, 0.5) is 0 Å². The predicted octanol–water partition coefficient (Wildman–Crippen LogP) is 0.502. The molecule has 0 saturated heterocycles. The van der Waals surface area contributed by atoms with Crippen LogP contribution in [0.2, 0.25) is 0 Å². The van der Waals surface area contributed by atoms with Gasteiger partial charge in [-0.05, 0) is 41.8 Å². The van der Waals surface area contributed by atoms with E-state index in [4.69, 9.17) is 21.2 Å². The lowest BCUT2D eigenvalue weighted by molar-refractivity contribution is 0.0942. The van der Waals surface area contributed by atoms with Crippen LogP contribution < -0.4 is 32.0 Å². The number of methoxy groups -OCH3 is 2. The van der Waals surface area contributed by atoms with E-state index >= 15 is 0 Å². The van der Waals surface area contributed by atoms with Gasteiger partial charge in [-0.15, -0.1) is 0 Å². The largest absolute Gasteiger partial charge is 0.496 e. The SMILES string of the molecule is COc1ccc(Cc2ccc(OC)c(C(=O)NN)c2)cc1C(=O)NN. The van der Waals surface area contributed by atoms with Crippen molar-refractivity contribution in [1.82, 2.24) is 10.9 Å². The van der Waals surface area contributed by atoms with E-state index in [1.54, 1.807) is 24.3 Å². The number of hydrazine groups is 2. The Labute approximate surface area is 145 Å². The Kier molecular flexibility index (Phi) is 5.93. The molecule has 8 nitrogen and oxygen atoms in total. The van der Waals surface area contributed by atoms with Crippen molar-refractivity contribution in [2.75, 3.05) is 14.2 Å². The van der Waals surface area contributed by atoms with Gasteiger partial charge in [-0.3, -0.25) is 20.4 Å². The van der Waals surface area contributed by atoms with Crippen molar-refractivity contribution in [3.63, 3.8) is 0 Å². The van der Waals surface area contributed by atoms with Crippen LogP contribution in [0.15, 0.2) is 36.4 Å². The lowest BCUT2D eigenvalue weighted by Crippen LogP contribution is -2.30. The Morgan fingerprint density at radius 2 is 1.24 bits per heavy atom. The van der Waals surface area contributed by atoms with Crippen LogP contribution in [-0.4, -0.2) is 26.0 Å². The van der Waals surface area contributed by atoms with Gasteiger partial charge in [-0.2, -0.15) is 0 Å². The van der Waals surface area contributed by atoms with E-state index in [0.29, 0.717) is 29.0 Å². The zero-order chi connectivity index (χ0) is 18.4. The molecule has 0 aliphatic carbocycles. The van der Waals surface area contributed by atoms with Gasteiger partial charge >= 0.3 is 0 Å². The van der Waals surface area contributed by atoms with Crippen LogP contribution in [-0.2, 0) is 6.42 Å². The molecule has 0 bridgehead atoms. The standard InChI is InChI=1S/C17H20N4O4/c1-24-14-5-3-10(8-12(14)16(22)20-18)7-11-4-6-15(25-2)13(9-11)17(23)21-19/h3-6,8-9H,7,18-19H2,1-2H3,(H,20,22)(H,21,23). The van der Waals surface area contributed by atoms with Crippen LogP contribution in [0.3, 0.4) is 0 Å². The topological polar surface area (TPSA) is 129 Å². The maximum atomic E-state index is 11.9. The molecule has 8 heteroatoms. The van der Waals surface area contributed by atoms with Crippen molar-refractivity contribution in [2.24, 2.45) is 11.7 Å². The number of nitrogens with one attached hydrogen (secondary N) is 2. The van der Waals surface area contributed by atoms with Gasteiger partial charge in [0.1, 0.15) is 11.5 Å². The molecule has 0 aliphatic heterocycles. The highest BCUT2D eigenvalue weighted by Crippen LogP contribution is 2.24. The van der Waals surface area contributed by atoms with Gasteiger partial charge in [0.05, 0.1) is 25.3 Å². The number of carbonyl (C=O) groups excluding carboxylic acids is 2. The van der Waals surface area contributed by atoms with Crippen molar-refractivity contribution >= 4 is 11.8 Å². The highest BCUT2D eigenvalue weighted by molar-refractivity contribution is 5.97. The van der Waals surface area contributed by atoms with E-state index < -0.39 is 11.8 Å². The van der Waals surface area contributed by atoms with Gasteiger partial charge in [0.2, 0.25) is 0 Å². The van der Waals surface area contributed by atoms with Crippen molar-refractivity contribution < 1.29 is 19.1 Å². The molecule has 0 unspecified atom stereocenters. The summed E-state index contributed by atoms with van der Waals surface area (Å²) in [6.45, 7) is 0. The number of carbonyl (C=O) groups is 2. The Bertz CT molecular complexity index is 727. The Hall–Kier alpha value is -3.10. The molecular weight excluding hydrogens is 324 g/mol. The number of hydrogen-bond donors (Lipinski definition) is 4. The molecular formula is C17H20N4O4. The zero-order valence-corrected chi connectivity index (χ0v) is 14.0.